The molecule has 1 saturated carbocycles. The SMILES string of the molecule is NC1(c2ccc3[nH]c(=O)cnc3c2)CC1. The van der Waals surface area contributed by atoms with Crippen molar-refractivity contribution in [3.63, 3.8) is 0 Å². The molecule has 4 heteroatoms. The van der Waals surface area contributed by atoms with Crippen molar-refractivity contribution < 1.29 is 0 Å². The lowest BCUT2D eigenvalue weighted by molar-refractivity contribution is 0.741. The summed E-state index contributed by atoms with van der Waals surface area (Å²) in [5, 5.41) is 0. The average molecular weight is 201 g/mol. The fourth-order valence-electron chi connectivity index (χ4n) is 1.77. The molecule has 1 aliphatic carbocycles. The minimum Gasteiger partial charge on any atom is -0.321 e. The van der Waals surface area contributed by atoms with Gasteiger partial charge in [-0.2, -0.15) is 0 Å². The zero-order valence-electron chi connectivity index (χ0n) is 8.16. The Morgan fingerprint density at radius 3 is 2.93 bits per heavy atom. The first-order valence-corrected chi connectivity index (χ1v) is 4.96. The predicted molar refractivity (Wildman–Crippen MR) is 57.5 cm³/mol. The topological polar surface area (TPSA) is 71.8 Å². The number of rotatable bonds is 1. The van der Waals surface area contributed by atoms with E-state index in [0.29, 0.717) is 0 Å². The van der Waals surface area contributed by atoms with E-state index in [0.717, 1.165) is 29.4 Å². The third-order valence-electron chi connectivity index (χ3n) is 2.94. The number of nitrogens with zero attached hydrogens (tertiary/aromatic N) is 1. The van der Waals surface area contributed by atoms with Gasteiger partial charge in [-0.05, 0) is 30.5 Å². The second-order valence-electron chi connectivity index (χ2n) is 4.14. The van der Waals surface area contributed by atoms with Crippen molar-refractivity contribution in [1.29, 1.82) is 0 Å². The average Bonchev–Trinajstić information content (AvgIpc) is 2.97. The predicted octanol–water partition coefficient (Wildman–Crippen LogP) is 0.871. The molecule has 1 heterocycles. The van der Waals surface area contributed by atoms with Crippen molar-refractivity contribution in [2.45, 2.75) is 18.4 Å². The molecule has 1 aromatic carbocycles. The van der Waals surface area contributed by atoms with Crippen LogP contribution in [0.15, 0.2) is 29.2 Å². The third-order valence-corrected chi connectivity index (χ3v) is 2.94. The Kier molecular flexibility index (Phi) is 1.53. The Morgan fingerprint density at radius 2 is 2.20 bits per heavy atom. The summed E-state index contributed by atoms with van der Waals surface area (Å²) in [6.07, 6.45) is 3.35. The number of H-pyrrole nitrogens is 1. The molecule has 0 aliphatic heterocycles. The maximum Gasteiger partial charge on any atom is 0.266 e. The summed E-state index contributed by atoms with van der Waals surface area (Å²) >= 11 is 0. The highest BCUT2D eigenvalue weighted by Gasteiger charge is 2.39. The van der Waals surface area contributed by atoms with Crippen molar-refractivity contribution in [2.24, 2.45) is 5.73 Å². The summed E-state index contributed by atoms with van der Waals surface area (Å²) in [5.74, 6) is 0. The van der Waals surface area contributed by atoms with Gasteiger partial charge < -0.3 is 10.7 Å². The van der Waals surface area contributed by atoms with Crippen LogP contribution in [0, 0.1) is 0 Å². The van der Waals surface area contributed by atoms with Gasteiger partial charge in [-0.25, -0.2) is 4.98 Å². The van der Waals surface area contributed by atoms with Crippen LogP contribution >= 0.6 is 0 Å². The molecule has 0 bridgehead atoms. The van der Waals surface area contributed by atoms with Crippen LogP contribution in [0.5, 0.6) is 0 Å². The van der Waals surface area contributed by atoms with Crippen molar-refractivity contribution in [2.75, 3.05) is 0 Å². The monoisotopic (exact) mass is 201 g/mol. The molecule has 3 N–H and O–H groups in total. The van der Waals surface area contributed by atoms with Crippen LogP contribution in [0.25, 0.3) is 11.0 Å². The molecular weight excluding hydrogens is 190 g/mol. The first-order chi connectivity index (χ1) is 7.17. The van der Waals surface area contributed by atoms with Gasteiger partial charge in [0.05, 0.1) is 17.2 Å². The maximum atomic E-state index is 11.0. The van der Waals surface area contributed by atoms with E-state index in [1.165, 1.54) is 6.20 Å². The number of aromatic amines is 1. The van der Waals surface area contributed by atoms with E-state index in [9.17, 15) is 4.79 Å². The molecule has 1 fully saturated rings. The lowest BCUT2D eigenvalue weighted by atomic mass is 10.1. The van der Waals surface area contributed by atoms with Gasteiger partial charge in [-0.1, -0.05) is 6.07 Å². The number of fused-ring (bicyclic) bond motifs is 1. The van der Waals surface area contributed by atoms with E-state index in [1.54, 1.807) is 0 Å². The number of aromatic nitrogens is 2. The Bertz CT molecular complexity index is 584. The minimum absolute atomic E-state index is 0.147. The quantitative estimate of drug-likeness (QED) is 0.719. The summed E-state index contributed by atoms with van der Waals surface area (Å²) in [6, 6.07) is 5.79. The van der Waals surface area contributed by atoms with Crippen LogP contribution in [0.2, 0.25) is 0 Å². The highest BCUT2D eigenvalue weighted by molar-refractivity contribution is 5.74. The molecule has 0 spiro atoms. The van der Waals surface area contributed by atoms with Gasteiger partial charge in [-0.15, -0.1) is 0 Å². The molecule has 1 aromatic heterocycles. The highest BCUT2D eigenvalue weighted by Crippen LogP contribution is 2.42. The van der Waals surface area contributed by atoms with Crippen molar-refractivity contribution in [1.82, 2.24) is 9.97 Å². The summed E-state index contributed by atoms with van der Waals surface area (Å²) in [4.78, 5) is 17.8. The zero-order chi connectivity index (χ0) is 10.5. The van der Waals surface area contributed by atoms with Crippen LogP contribution in [0.3, 0.4) is 0 Å². The zero-order valence-corrected chi connectivity index (χ0v) is 8.16. The largest absolute Gasteiger partial charge is 0.321 e. The summed E-state index contributed by atoms with van der Waals surface area (Å²) < 4.78 is 0. The normalized spacial score (nSPS) is 17.9. The van der Waals surface area contributed by atoms with Crippen molar-refractivity contribution >= 4 is 11.0 Å². The Labute approximate surface area is 86.1 Å². The van der Waals surface area contributed by atoms with Gasteiger partial charge in [0.2, 0.25) is 0 Å². The number of nitrogens with one attached hydrogen (secondary N) is 1. The van der Waals surface area contributed by atoms with Crippen LogP contribution < -0.4 is 11.3 Å². The van der Waals surface area contributed by atoms with Crippen LogP contribution in [0.4, 0.5) is 0 Å². The van der Waals surface area contributed by atoms with Gasteiger partial charge in [0.25, 0.3) is 5.56 Å². The van der Waals surface area contributed by atoms with Crippen molar-refractivity contribution in [3.8, 4) is 0 Å². The number of benzene rings is 1. The van der Waals surface area contributed by atoms with E-state index in [4.69, 9.17) is 5.73 Å². The van der Waals surface area contributed by atoms with Crippen LogP contribution in [-0.4, -0.2) is 9.97 Å². The molecular formula is C11H11N3O. The second-order valence-corrected chi connectivity index (χ2v) is 4.14. The number of hydrogen-bond donors (Lipinski definition) is 2. The molecule has 0 unspecified atom stereocenters. The third kappa shape index (κ3) is 1.34. The van der Waals surface area contributed by atoms with E-state index in [1.807, 2.05) is 18.2 Å². The number of nitrogens with two attached hydrogens (primary N) is 1. The van der Waals surface area contributed by atoms with E-state index >= 15 is 0 Å². The lowest BCUT2D eigenvalue weighted by Crippen LogP contribution is -2.18. The highest BCUT2D eigenvalue weighted by atomic mass is 16.1. The van der Waals surface area contributed by atoms with E-state index in [-0.39, 0.29) is 11.1 Å². The van der Waals surface area contributed by atoms with Gasteiger partial charge in [-0.3, -0.25) is 4.79 Å². The Hall–Kier alpha value is -1.68. The van der Waals surface area contributed by atoms with E-state index in [2.05, 4.69) is 9.97 Å². The number of hydrogen-bond acceptors (Lipinski definition) is 3. The summed E-state index contributed by atoms with van der Waals surface area (Å²) in [5.41, 5.74) is 8.43. The molecule has 4 nitrogen and oxygen atoms in total. The molecule has 76 valence electrons. The molecule has 0 radical (unpaired) electrons. The van der Waals surface area contributed by atoms with Gasteiger partial charge in [0.1, 0.15) is 0 Å². The smallest absolute Gasteiger partial charge is 0.266 e. The molecule has 3 rings (SSSR count). The first-order valence-electron chi connectivity index (χ1n) is 4.96. The summed E-state index contributed by atoms with van der Waals surface area (Å²) in [6.45, 7) is 0. The van der Waals surface area contributed by atoms with Crippen molar-refractivity contribution in [3.05, 3.63) is 40.3 Å². The molecule has 0 amide bonds. The molecule has 15 heavy (non-hydrogen) atoms. The molecule has 0 atom stereocenters. The Morgan fingerprint density at radius 1 is 1.40 bits per heavy atom. The van der Waals surface area contributed by atoms with Crippen LogP contribution in [-0.2, 0) is 5.54 Å². The molecule has 1 aliphatic rings. The maximum absolute atomic E-state index is 11.0. The van der Waals surface area contributed by atoms with Gasteiger partial charge in [0, 0.05) is 5.54 Å². The Balaban J connectivity index is 2.22. The van der Waals surface area contributed by atoms with E-state index < -0.39 is 0 Å². The lowest BCUT2D eigenvalue weighted by Gasteiger charge is -2.09. The molecule has 0 saturated heterocycles. The van der Waals surface area contributed by atoms with Crippen LogP contribution in [0.1, 0.15) is 18.4 Å². The summed E-state index contributed by atoms with van der Waals surface area (Å²) in [7, 11) is 0. The second kappa shape index (κ2) is 2.67. The fourth-order valence-corrected chi connectivity index (χ4v) is 1.77. The molecule has 2 aromatic rings. The standard InChI is InChI=1S/C11H11N3O/c12-11(3-4-11)7-1-2-8-9(5-7)13-6-10(15)14-8/h1-2,5-6H,3-4,12H2,(H,14,15). The van der Waals surface area contributed by atoms with Gasteiger partial charge >= 0.3 is 0 Å². The first kappa shape index (κ1) is 8.61. The minimum atomic E-state index is -0.177. The van der Waals surface area contributed by atoms with Gasteiger partial charge in [0.15, 0.2) is 0 Å². The fraction of sp³-hybridized carbons (Fsp3) is 0.273.